The van der Waals surface area contributed by atoms with Gasteiger partial charge in [-0.15, -0.1) is 0 Å². The third kappa shape index (κ3) is 10.3. The Bertz CT molecular complexity index is 1420. The van der Waals surface area contributed by atoms with Crippen LogP contribution in [0.3, 0.4) is 0 Å². The average molecular weight is 673 g/mol. The van der Waals surface area contributed by atoms with Gasteiger partial charge in [-0.3, -0.25) is 9.52 Å². The van der Waals surface area contributed by atoms with E-state index in [1.54, 1.807) is 54.1 Å². The number of hydrogen-bond acceptors (Lipinski definition) is 7. The third-order valence-electron chi connectivity index (χ3n) is 9.09. The second kappa shape index (κ2) is 17.2. The largest absolute Gasteiger partial charge is 0.490 e. The molecule has 0 unspecified atom stereocenters. The number of hydrogen-bond donors (Lipinski definition) is 3. The molecule has 260 valence electrons. The van der Waals surface area contributed by atoms with Gasteiger partial charge in [0, 0.05) is 44.4 Å². The molecule has 3 N–H and O–H groups in total. The van der Waals surface area contributed by atoms with Crippen molar-refractivity contribution in [3.8, 4) is 5.75 Å². The minimum atomic E-state index is -3.91. The number of carbonyl (C=O) groups is 2. The lowest BCUT2D eigenvalue weighted by Crippen LogP contribution is -2.50. The summed E-state index contributed by atoms with van der Waals surface area (Å²) in [5.41, 5.74) is 0.408. The second-order valence-electron chi connectivity index (χ2n) is 13.1. The number of fused-ring (bicyclic) bond motifs is 1. The van der Waals surface area contributed by atoms with Crippen LogP contribution in [0.1, 0.15) is 82.5 Å². The molecule has 2 aliphatic rings. The van der Waals surface area contributed by atoms with Crippen LogP contribution in [0.5, 0.6) is 5.75 Å². The Hall–Kier alpha value is -3.35. The van der Waals surface area contributed by atoms with E-state index in [0.29, 0.717) is 18.9 Å². The minimum absolute atomic E-state index is 0.101. The highest BCUT2D eigenvalue weighted by Gasteiger charge is 2.31. The molecule has 2 aromatic carbocycles. The molecule has 12 heteroatoms. The molecule has 4 rings (SSSR count). The molecule has 0 spiro atoms. The van der Waals surface area contributed by atoms with Gasteiger partial charge in [-0.1, -0.05) is 44.4 Å². The SMILES string of the molecule is C[C@@H]1CCCCO[C@@H](CN(C)C(=O)NC2CCCCC2)[C@@H](C)CN([C@H](C)CO)C(=O)c2cc(NS(=O)(=O)c3ccccc3)ccc2O1. The topological polar surface area (TPSA) is 138 Å². The third-order valence-corrected chi connectivity index (χ3v) is 10.5. The fraction of sp³-hybridized carbons (Fsp3) is 0.600. The van der Waals surface area contributed by atoms with Gasteiger partial charge in [-0.25, -0.2) is 13.2 Å². The Morgan fingerprint density at radius 1 is 1.04 bits per heavy atom. The molecule has 1 saturated carbocycles. The van der Waals surface area contributed by atoms with Crippen molar-refractivity contribution >= 4 is 27.6 Å². The van der Waals surface area contributed by atoms with Crippen LogP contribution < -0.4 is 14.8 Å². The number of rotatable bonds is 8. The van der Waals surface area contributed by atoms with Gasteiger partial charge in [0.2, 0.25) is 0 Å². The van der Waals surface area contributed by atoms with E-state index in [0.717, 1.165) is 44.9 Å². The number of sulfonamides is 1. The lowest BCUT2D eigenvalue weighted by Gasteiger charge is -2.36. The predicted octanol–water partition coefficient (Wildman–Crippen LogP) is 5.26. The normalized spacial score (nSPS) is 22.7. The van der Waals surface area contributed by atoms with Crippen molar-refractivity contribution in [2.24, 2.45) is 5.92 Å². The fourth-order valence-electron chi connectivity index (χ4n) is 6.15. The zero-order valence-corrected chi connectivity index (χ0v) is 29.0. The molecule has 0 saturated heterocycles. The summed E-state index contributed by atoms with van der Waals surface area (Å²) >= 11 is 0. The van der Waals surface area contributed by atoms with E-state index in [2.05, 4.69) is 10.0 Å². The van der Waals surface area contributed by atoms with Crippen LogP contribution in [0.2, 0.25) is 0 Å². The first-order valence-electron chi connectivity index (χ1n) is 16.9. The highest BCUT2D eigenvalue weighted by molar-refractivity contribution is 7.92. The molecule has 47 heavy (non-hydrogen) atoms. The van der Waals surface area contributed by atoms with Gasteiger partial charge < -0.3 is 29.7 Å². The van der Waals surface area contributed by atoms with E-state index >= 15 is 0 Å². The molecule has 4 atom stereocenters. The number of carbonyl (C=O) groups excluding carboxylic acids is 2. The van der Waals surface area contributed by atoms with Crippen LogP contribution in [0, 0.1) is 5.92 Å². The maximum atomic E-state index is 14.3. The Kier molecular flexibility index (Phi) is 13.3. The minimum Gasteiger partial charge on any atom is -0.490 e. The first-order chi connectivity index (χ1) is 22.5. The van der Waals surface area contributed by atoms with E-state index in [-0.39, 0.29) is 59.5 Å². The van der Waals surface area contributed by atoms with Gasteiger partial charge in [0.25, 0.3) is 15.9 Å². The average Bonchev–Trinajstić information content (AvgIpc) is 3.06. The highest BCUT2D eigenvalue weighted by Crippen LogP contribution is 2.29. The summed E-state index contributed by atoms with van der Waals surface area (Å²) in [4.78, 5) is 30.8. The summed E-state index contributed by atoms with van der Waals surface area (Å²) in [6.45, 7) is 6.49. The van der Waals surface area contributed by atoms with Crippen molar-refractivity contribution in [2.45, 2.75) is 101 Å². The number of urea groups is 1. The number of likely N-dealkylation sites (N-methyl/N-ethyl adjacent to an activating group) is 1. The summed E-state index contributed by atoms with van der Waals surface area (Å²) in [5, 5.41) is 13.4. The number of amides is 3. The van der Waals surface area contributed by atoms with Gasteiger partial charge in [0.1, 0.15) is 5.75 Å². The highest BCUT2D eigenvalue weighted by atomic mass is 32.2. The molecule has 0 bridgehead atoms. The van der Waals surface area contributed by atoms with Crippen molar-refractivity contribution in [3.63, 3.8) is 0 Å². The van der Waals surface area contributed by atoms with Crippen molar-refractivity contribution in [1.82, 2.24) is 15.1 Å². The van der Waals surface area contributed by atoms with E-state index in [1.807, 2.05) is 13.8 Å². The molecule has 11 nitrogen and oxygen atoms in total. The zero-order chi connectivity index (χ0) is 34.0. The molecule has 1 fully saturated rings. The number of anilines is 1. The summed E-state index contributed by atoms with van der Waals surface area (Å²) in [6.07, 6.45) is 7.22. The molecule has 1 heterocycles. The first-order valence-corrected chi connectivity index (χ1v) is 18.4. The second-order valence-corrected chi connectivity index (χ2v) is 14.8. The van der Waals surface area contributed by atoms with Gasteiger partial charge >= 0.3 is 6.03 Å². The van der Waals surface area contributed by atoms with Crippen molar-refractivity contribution in [2.75, 3.05) is 38.1 Å². The molecular weight excluding hydrogens is 620 g/mol. The van der Waals surface area contributed by atoms with E-state index in [9.17, 15) is 23.1 Å². The van der Waals surface area contributed by atoms with Gasteiger partial charge in [0.05, 0.1) is 35.3 Å². The van der Waals surface area contributed by atoms with Crippen LogP contribution in [-0.4, -0.2) is 92.9 Å². The van der Waals surface area contributed by atoms with Crippen molar-refractivity contribution in [1.29, 1.82) is 0 Å². The predicted molar refractivity (Wildman–Crippen MR) is 182 cm³/mol. The summed E-state index contributed by atoms with van der Waals surface area (Å²) in [5.74, 6) is -0.263. The van der Waals surface area contributed by atoms with E-state index in [4.69, 9.17) is 9.47 Å². The van der Waals surface area contributed by atoms with Crippen LogP contribution in [0.15, 0.2) is 53.4 Å². The maximum absolute atomic E-state index is 14.3. The number of ether oxygens (including phenoxy) is 2. The van der Waals surface area contributed by atoms with Crippen molar-refractivity contribution < 1.29 is 32.6 Å². The van der Waals surface area contributed by atoms with Gasteiger partial charge in [0.15, 0.2) is 0 Å². The van der Waals surface area contributed by atoms with Crippen LogP contribution >= 0.6 is 0 Å². The number of benzene rings is 2. The van der Waals surface area contributed by atoms with Crippen LogP contribution in [0.25, 0.3) is 0 Å². The Morgan fingerprint density at radius 2 is 1.74 bits per heavy atom. The van der Waals surface area contributed by atoms with E-state index in [1.165, 1.54) is 24.6 Å². The maximum Gasteiger partial charge on any atom is 0.317 e. The van der Waals surface area contributed by atoms with Gasteiger partial charge in [-0.2, -0.15) is 0 Å². The molecule has 1 aliphatic carbocycles. The molecular formula is C35H52N4O7S. The number of nitrogens with zero attached hydrogens (tertiary/aromatic N) is 2. The Balaban J connectivity index is 1.60. The zero-order valence-electron chi connectivity index (χ0n) is 28.2. The van der Waals surface area contributed by atoms with Crippen LogP contribution in [0.4, 0.5) is 10.5 Å². The molecule has 3 amide bonds. The Labute approximate surface area is 280 Å². The molecule has 0 radical (unpaired) electrons. The number of aliphatic hydroxyl groups excluding tert-OH is 1. The van der Waals surface area contributed by atoms with Crippen LogP contribution in [-0.2, 0) is 14.8 Å². The smallest absolute Gasteiger partial charge is 0.317 e. The molecule has 1 aliphatic heterocycles. The standard InChI is InChI=1S/C35H52N4O7S/c1-25-22-39(26(2)24-40)34(41)31-21-29(37-47(43,44)30-16-9-6-10-17-30)18-19-32(31)46-27(3)13-11-12-20-45-33(25)23-38(4)35(42)36-28-14-7-5-8-15-28/h6,9-10,16-19,21,25-28,33,37,40H,5,7-8,11-15,20,22-24H2,1-4H3,(H,36,42)/t25-,26+,27+,33-/m0/s1. The number of nitrogens with one attached hydrogen (secondary N) is 2. The quantitative estimate of drug-likeness (QED) is 0.348. The van der Waals surface area contributed by atoms with Crippen molar-refractivity contribution in [3.05, 3.63) is 54.1 Å². The lowest BCUT2D eigenvalue weighted by atomic mass is 9.96. The summed E-state index contributed by atoms with van der Waals surface area (Å²) < 4.78 is 41.4. The molecule has 0 aromatic heterocycles. The Morgan fingerprint density at radius 3 is 2.45 bits per heavy atom. The monoisotopic (exact) mass is 672 g/mol. The lowest BCUT2D eigenvalue weighted by molar-refractivity contribution is -0.0123. The first kappa shape index (κ1) is 36.5. The fourth-order valence-corrected chi connectivity index (χ4v) is 7.22. The number of aliphatic hydroxyl groups is 1. The summed E-state index contributed by atoms with van der Waals surface area (Å²) in [6, 6.07) is 12.2. The molecule has 2 aromatic rings. The van der Waals surface area contributed by atoms with Gasteiger partial charge in [-0.05, 0) is 76.3 Å². The van der Waals surface area contributed by atoms with E-state index < -0.39 is 22.0 Å². The summed E-state index contributed by atoms with van der Waals surface area (Å²) in [7, 11) is -2.14.